The minimum atomic E-state index is -0.735. The predicted molar refractivity (Wildman–Crippen MR) is 92.6 cm³/mol. The lowest BCUT2D eigenvalue weighted by Gasteiger charge is -2.18. The van der Waals surface area contributed by atoms with E-state index < -0.39 is 16.9 Å². The Hall–Kier alpha value is -2.60. The van der Waals surface area contributed by atoms with E-state index in [4.69, 9.17) is 16.3 Å². The second-order valence-corrected chi connectivity index (χ2v) is 5.60. The molecule has 0 bridgehead atoms. The van der Waals surface area contributed by atoms with Gasteiger partial charge in [-0.15, -0.1) is 0 Å². The molecule has 1 atom stereocenters. The molecule has 0 aliphatic rings. The van der Waals surface area contributed by atoms with E-state index in [9.17, 15) is 14.9 Å². The van der Waals surface area contributed by atoms with Crippen LogP contribution in [0, 0.1) is 17.0 Å². The van der Waals surface area contributed by atoms with Crippen LogP contribution in [0.3, 0.4) is 0 Å². The largest absolute Gasteiger partial charge is 0.480 e. The van der Waals surface area contributed by atoms with Crippen LogP contribution in [0.25, 0.3) is 0 Å². The minimum Gasteiger partial charge on any atom is -0.480 e. The van der Waals surface area contributed by atoms with Crippen molar-refractivity contribution < 1.29 is 14.5 Å². The molecule has 0 fully saturated rings. The molecule has 7 heteroatoms. The highest BCUT2D eigenvalue weighted by Gasteiger charge is 2.21. The maximum absolute atomic E-state index is 12.4. The second kappa shape index (κ2) is 7.79. The SMILES string of the molecule is CC[C@@H](Oc1ccccc1C)C(=O)Nc1cc([N+](=O)[O-])ccc1Cl. The molecule has 2 aromatic carbocycles. The van der Waals surface area contributed by atoms with Gasteiger partial charge in [0.15, 0.2) is 6.10 Å². The molecule has 0 aromatic heterocycles. The quantitative estimate of drug-likeness (QED) is 0.621. The Bertz CT molecular complexity index is 764. The summed E-state index contributed by atoms with van der Waals surface area (Å²) >= 11 is 6.00. The fraction of sp³-hybridized carbons (Fsp3) is 0.235. The highest BCUT2D eigenvalue weighted by molar-refractivity contribution is 6.33. The van der Waals surface area contributed by atoms with Crippen LogP contribution in [-0.2, 0) is 4.79 Å². The molecule has 0 heterocycles. The van der Waals surface area contributed by atoms with E-state index in [1.54, 1.807) is 6.07 Å². The van der Waals surface area contributed by atoms with E-state index in [0.717, 1.165) is 5.56 Å². The lowest BCUT2D eigenvalue weighted by Crippen LogP contribution is -2.32. The van der Waals surface area contributed by atoms with Crippen molar-refractivity contribution in [1.29, 1.82) is 0 Å². The third-order valence-electron chi connectivity index (χ3n) is 3.44. The number of nitrogens with one attached hydrogen (secondary N) is 1. The maximum Gasteiger partial charge on any atom is 0.271 e. The molecule has 1 N–H and O–H groups in total. The summed E-state index contributed by atoms with van der Waals surface area (Å²) in [6.07, 6.45) is -0.298. The number of halogens is 1. The van der Waals surface area contributed by atoms with Crippen molar-refractivity contribution >= 4 is 28.9 Å². The van der Waals surface area contributed by atoms with Crippen LogP contribution < -0.4 is 10.1 Å². The standard InChI is InChI=1S/C17H17ClN2O4/c1-3-15(24-16-7-5-4-6-11(16)2)17(21)19-14-10-12(20(22)23)8-9-13(14)18/h4-10,15H,3H2,1-2H3,(H,19,21)/t15-/m1/s1. The molecule has 6 nitrogen and oxygen atoms in total. The summed E-state index contributed by atoms with van der Waals surface area (Å²) in [5, 5.41) is 13.7. The molecule has 0 radical (unpaired) electrons. The Morgan fingerprint density at radius 3 is 2.67 bits per heavy atom. The number of nitrogens with zero attached hydrogens (tertiary/aromatic N) is 1. The van der Waals surface area contributed by atoms with Crippen LogP contribution in [0.4, 0.5) is 11.4 Å². The van der Waals surface area contributed by atoms with E-state index in [2.05, 4.69) is 5.32 Å². The molecule has 1 amide bonds. The van der Waals surface area contributed by atoms with E-state index >= 15 is 0 Å². The topological polar surface area (TPSA) is 81.5 Å². The van der Waals surface area contributed by atoms with Gasteiger partial charge in [0.1, 0.15) is 5.75 Å². The molecule has 0 aliphatic carbocycles. The fourth-order valence-electron chi connectivity index (χ4n) is 2.10. The van der Waals surface area contributed by atoms with Crippen molar-refractivity contribution in [2.24, 2.45) is 0 Å². The van der Waals surface area contributed by atoms with Crippen molar-refractivity contribution in [3.8, 4) is 5.75 Å². The molecular formula is C17H17ClN2O4. The van der Waals surface area contributed by atoms with E-state index in [1.165, 1.54) is 18.2 Å². The highest BCUT2D eigenvalue weighted by atomic mass is 35.5. The number of para-hydroxylation sites is 1. The Kier molecular flexibility index (Phi) is 5.76. The lowest BCUT2D eigenvalue weighted by atomic mass is 10.2. The monoisotopic (exact) mass is 348 g/mol. The number of ether oxygens (including phenoxy) is 1. The molecule has 2 rings (SSSR count). The lowest BCUT2D eigenvalue weighted by molar-refractivity contribution is -0.384. The van der Waals surface area contributed by atoms with Gasteiger partial charge >= 0.3 is 0 Å². The smallest absolute Gasteiger partial charge is 0.271 e. The molecule has 126 valence electrons. The zero-order valence-corrected chi connectivity index (χ0v) is 14.0. The third kappa shape index (κ3) is 4.23. The summed E-state index contributed by atoms with van der Waals surface area (Å²) in [4.78, 5) is 22.7. The van der Waals surface area contributed by atoms with Gasteiger partial charge in [-0.1, -0.05) is 36.7 Å². The second-order valence-electron chi connectivity index (χ2n) is 5.19. The molecule has 0 saturated carbocycles. The number of anilines is 1. The van der Waals surface area contributed by atoms with Crippen LogP contribution in [0.5, 0.6) is 5.75 Å². The maximum atomic E-state index is 12.4. The first-order chi connectivity index (χ1) is 11.4. The summed E-state index contributed by atoms with van der Waals surface area (Å²) < 4.78 is 5.76. The van der Waals surface area contributed by atoms with E-state index in [0.29, 0.717) is 12.2 Å². The van der Waals surface area contributed by atoms with Gasteiger partial charge in [-0.25, -0.2) is 0 Å². The van der Waals surface area contributed by atoms with Gasteiger partial charge in [0.2, 0.25) is 0 Å². The number of rotatable bonds is 6. The zero-order chi connectivity index (χ0) is 17.7. The van der Waals surface area contributed by atoms with E-state index in [1.807, 2.05) is 32.0 Å². The Balaban J connectivity index is 2.16. The third-order valence-corrected chi connectivity index (χ3v) is 3.77. The molecule has 2 aromatic rings. The first-order valence-corrected chi connectivity index (χ1v) is 7.77. The molecule has 0 unspecified atom stereocenters. The summed E-state index contributed by atoms with van der Waals surface area (Å²) in [7, 11) is 0. The molecule has 0 saturated heterocycles. The Morgan fingerprint density at radius 2 is 2.04 bits per heavy atom. The van der Waals surface area contributed by atoms with Crippen LogP contribution in [-0.4, -0.2) is 16.9 Å². The van der Waals surface area contributed by atoms with Crippen molar-refractivity contribution in [3.63, 3.8) is 0 Å². The van der Waals surface area contributed by atoms with Crippen LogP contribution >= 0.6 is 11.6 Å². The minimum absolute atomic E-state index is 0.150. The number of hydrogen-bond donors (Lipinski definition) is 1. The van der Waals surface area contributed by atoms with E-state index in [-0.39, 0.29) is 16.4 Å². The Labute approximate surface area is 144 Å². The van der Waals surface area contributed by atoms with Gasteiger partial charge in [-0.2, -0.15) is 0 Å². The average Bonchev–Trinajstić information content (AvgIpc) is 2.55. The Morgan fingerprint density at radius 1 is 1.33 bits per heavy atom. The summed E-state index contributed by atoms with van der Waals surface area (Å²) in [6, 6.07) is 11.2. The van der Waals surface area contributed by atoms with Gasteiger partial charge < -0.3 is 10.1 Å². The van der Waals surface area contributed by atoms with Crippen LogP contribution in [0.2, 0.25) is 5.02 Å². The van der Waals surface area contributed by atoms with Crippen molar-refractivity contribution in [2.75, 3.05) is 5.32 Å². The van der Waals surface area contributed by atoms with Crippen LogP contribution in [0.15, 0.2) is 42.5 Å². The molecule has 24 heavy (non-hydrogen) atoms. The van der Waals surface area contributed by atoms with Gasteiger partial charge in [0.05, 0.1) is 15.6 Å². The number of nitro groups is 1. The average molecular weight is 349 g/mol. The van der Waals surface area contributed by atoms with Crippen LogP contribution in [0.1, 0.15) is 18.9 Å². The first-order valence-electron chi connectivity index (χ1n) is 7.39. The number of non-ortho nitro benzene ring substituents is 1. The fourth-order valence-corrected chi connectivity index (χ4v) is 2.26. The number of nitro benzene ring substituents is 1. The summed E-state index contributed by atoms with van der Waals surface area (Å²) in [6.45, 7) is 3.70. The number of aryl methyl sites for hydroxylation is 1. The summed E-state index contributed by atoms with van der Waals surface area (Å²) in [5.74, 6) is 0.202. The summed E-state index contributed by atoms with van der Waals surface area (Å²) in [5.41, 5.74) is 0.947. The molecular weight excluding hydrogens is 332 g/mol. The van der Waals surface area contributed by atoms with Gasteiger partial charge in [-0.05, 0) is 31.0 Å². The van der Waals surface area contributed by atoms with Gasteiger partial charge in [-0.3, -0.25) is 14.9 Å². The van der Waals surface area contributed by atoms with Crippen molar-refractivity contribution in [3.05, 3.63) is 63.2 Å². The van der Waals surface area contributed by atoms with Crippen molar-refractivity contribution in [1.82, 2.24) is 0 Å². The predicted octanol–water partition coefficient (Wildman–Crippen LogP) is 4.35. The number of amides is 1. The number of carbonyl (C=O) groups excluding carboxylic acids is 1. The van der Waals surface area contributed by atoms with Crippen molar-refractivity contribution in [2.45, 2.75) is 26.4 Å². The molecule has 0 spiro atoms. The molecule has 0 aliphatic heterocycles. The number of hydrogen-bond acceptors (Lipinski definition) is 4. The van der Waals surface area contributed by atoms with Gasteiger partial charge in [0, 0.05) is 12.1 Å². The zero-order valence-electron chi connectivity index (χ0n) is 13.3. The van der Waals surface area contributed by atoms with Gasteiger partial charge in [0.25, 0.3) is 11.6 Å². The normalized spacial score (nSPS) is 11.6. The number of carbonyl (C=O) groups is 1. The first kappa shape index (κ1) is 17.7. The highest BCUT2D eigenvalue weighted by Crippen LogP contribution is 2.27. The number of benzene rings is 2.